The SMILES string of the molecule is FC(F)(F)C1CCCCC1OCc1cccn2c(C34CC5CC6CC(C3)C6(C5)C4)nnc12. The van der Waals surface area contributed by atoms with Gasteiger partial charge in [0.15, 0.2) is 5.65 Å². The molecule has 5 aliphatic carbocycles. The minimum absolute atomic E-state index is 0.127. The van der Waals surface area contributed by atoms with Crippen LogP contribution in [0.2, 0.25) is 0 Å². The summed E-state index contributed by atoms with van der Waals surface area (Å²) < 4.78 is 48.4. The summed E-state index contributed by atoms with van der Waals surface area (Å²) in [6.07, 6.45) is 7.06. The number of alkyl halides is 3. The van der Waals surface area contributed by atoms with Crippen molar-refractivity contribution in [1.29, 1.82) is 0 Å². The molecule has 2 aromatic heterocycles. The van der Waals surface area contributed by atoms with Crippen molar-refractivity contribution in [3.63, 3.8) is 0 Å². The van der Waals surface area contributed by atoms with Crippen LogP contribution in [0.15, 0.2) is 18.3 Å². The van der Waals surface area contributed by atoms with Gasteiger partial charge < -0.3 is 4.74 Å². The highest BCUT2D eigenvalue weighted by atomic mass is 19.4. The molecule has 0 N–H and O–H groups in total. The molecule has 0 amide bonds. The third-order valence-corrected chi connectivity index (χ3v) is 10.0. The highest BCUT2D eigenvalue weighted by Gasteiger charge is 2.71. The van der Waals surface area contributed by atoms with Gasteiger partial charge in [-0.15, -0.1) is 10.2 Å². The lowest BCUT2D eigenvalue weighted by Gasteiger charge is -2.49. The van der Waals surface area contributed by atoms with Crippen molar-refractivity contribution >= 4 is 5.65 Å². The first-order chi connectivity index (χ1) is 15.4. The molecule has 3 bridgehead atoms. The van der Waals surface area contributed by atoms with Crippen molar-refractivity contribution in [1.82, 2.24) is 14.6 Å². The molecule has 32 heavy (non-hydrogen) atoms. The molecule has 5 saturated carbocycles. The van der Waals surface area contributed by atoms with Gasteiger partial charge in [0.2, 0.25) is 0 Å². The maximum atomic E-state index is 13.5. The molecule has 7 heteroatoms. The van der Waals surface area contributed by atoms with Gasteiger partial charge in [0.05, 0.1) is 18.6 Å². The van der Waals surface area contributed by atoms with Gasteiger partial charge in [-0.2, -0.15) is 13.2 Å². The minimum Gasteiger partial charge on any atom is -0.373 e. The first-order valence-electron chi connectivity index (χ1n) is 12.4. The molecule has 7 unspecified atom stereocenters. The minimum atomic E-state index is -4.20. The van der Waals surface area contributed by atoms with Gasteiger partial charge in [0.1, 0.15) is 5.82 Å². The van der Waals surface area contributed by atoms with Gasteiger partial charge in [0.25, 0.3) is 0 Å². The molecule has 2 aromatic rings. The number of pyridine rings is 1. The van der Waals surface area contributed by atoms with Crippen molar-refractivity contribution in [3.05, 3.63) is 29.7 Å². The predicted molar refractivity (Wildman–Crippen MR) is 112 cm³/mol. The zero-order valence-electron chi connectivity index (χ0n) is 18.3. The number of aromatic nitrogens is 3. The Morgan fingerprint density at radius 3 is 2.81 bits per heavy atom. The van der Waals surface area contributed by atoms with Crippen molar-refractivity contribution in [2.75, 3.05) is 0 Å². The van der Waals surface area contributed by atoms with E-state index in [1.807, 2.05) is 18.3 Å². The molecular formula is C25H30F3N3O. The average Bonchev–Trinajstić information content (AvgIpc) is 3.34. The van der Waals surface area contributed by atoms with Crippen LogP contribution in [0.5, 0.6) is 0 Å². The highest BCUT2D eigenvalue weighted by Crippen LogP contribution is 2.78. The summed E-state index contributed by atoms with van der Waals surface area (Å²) in [5, 5.41) is 9.28. The molecule has 2 heterocycles. The number of rotatable bonds is 4. The summed E-state index contributed by atoms with van der Waals surface area (Å²) in [7, 11) is 0. The number of hydrogen-bond donors (Lipinski definition) is 0. The fraction of sp³-hybridized carbons (Fsp3) is 0.760. The van der Waals surface area contributed by atoms with Crippen LogP contribution in [0, 0.1) is 29.1 Å². The molecule has 1 spiro atoms. The summed E-state index contributed by atoms with van der Waals surface area (Å²) >= 11 is 0. The van der Waals surface area contributed by atoms with Crippen molar-refractivity contribution in [2.45, 2.75) is 88.5 Å². The molecular weight excluding hydrogens is 415 g/mol. The average molecular weight is 446 g/mol. The molecule has 7 rings (SSSR count). The van der Waals surface area contributed by atoms with E-state index in [1.165, 1.54) is 38.5 Å². The normalized spacial score (nSPS) is 42.4. The van der Waals surface area contributed by atoms with E-state index in [4.69, 9.17) is 9.84 Å². The van der Waals surface area contributed by atoms with E-state index < -0.39 is 18.2 Å². The van der Waals surface area contributed by atoms with Gasteiger partial charge >= 0.3 is 6.18 Å². The maximum Gasteiger partial charge on any atom is 0.394 e. The molecule has 0 aromatic carbocycles. The molecule has 0 radical (unpaired) electrons. The Morgan fingerprint density at radius 2 is 1.94 bits per heavy atom. The van der Waals surface area contributed by atoms with E-state index >= 15 is 0 Å². The zero-order chi connectivity index (χ0) is 21.7. The molecule has 172 valence electrons. The van der Waals surface area contributed by atoms with Crippen LogP contribution in [0.3, 0.4) is 0 Å². The Morgan fingerprint density at radius 1 is 1.06 bits per heavy atom. The lowest BCUT2D eigenvalue weighted by Crippen LogP contribution is -2.42. The van der Waals surface area contributed by atoms with Crippen LogP contribution >= 0.6 is 0 Å². The van der Waals surface area contributed by atoms with Gasteiger partial charge in [0, 0.05) is 17.2 Å². The quantitative estimate of drug-likeness (QED) is 0.594. The Hall–Kier alpha value is -1.63. The van der Waals surface area contributed by atoms with Crippen LogP contribution in [-0.2, 0) is 16.8 Å². The van der Waals surface area contributed by atoms with Crippen molar-refractivity contribution in [3.8, 4) is 0 Å². The first kappa shape index (κ1) is 19.8. The van der Waals surface area contributed by atoms with Gasteiger partial charge in [-0.05, 0) is 80.6 Å². The summed E-state index contributed by atoms with van der Waals surface area (Å²) in [4.78, 5) is 0. The Kier molecular flexibility index (Phi) is 4.01. The largest absolute Gasteiger partial charge is 0.394 e. The smallest absolute Gasteiger partial charge is 0.373 e. The van der Waals surface area contributed by atoms with E-state index in [2.05, 4.69) is 9.50 Å². The fourth-order valence-electron chi connectivity index (χ4n) is 8.93. The number of fused-ring (bicyclic) bond motifs is 3. The molecule has 0 saturated heterocycles. The van der Waals surface area contributed by atoms with Crippen molar-refractivity contribution < 1.29 is 17.9 Å². The zero-order valence-corrected chi connectivity index (χ0v) is 18.3. The second-order valence-electron chi connectivity index (χ2n) is 11.6. The number of halogens is 3. The van der Waals surface area contributed by atoms with Gasteiger partial charge in [-0.1, -0.05) is 18.9 Å². The van der Waals surface area contributed by atoms with Crippen LogP contribution in [0.25, 0.3) is 5.65 Å². The van der Waals surface area contributed by atoms with Crippen molar-refractivity contribution in [2.24, 2.45) is 29.1 Å². The van der Waals surface area contributed by atoms with Crippen LogP contribution in [0.4, 0.5) is 13.2 Å². The number of ether oxygens (including phenoxy) is 1. The topological polar surface area (TPSA) is 39.4 Å². The Balaban J connectivity index is 1.17. The lowest BCUT2D eigenvalue weighted by molar-refractivity contribution is -0.217. The Labute approximate surface area is 185 Å². The monoisotopic (exact) mass is 445 g/mol. The summed E-state index contributed by atoms with van der Waals surface area (Å²) in [6.45, 7) is 0.157. The van der Waals surface area contributed by atoms with Crippen LogP contribution < -0.4 is 0 Å². The Bertz CT molecular complexity index is 1060. The van der Waals surface area contributed by atoms with E-state index in [0.717, 1.165) is 41.2 Å². The standard InChI is InChI=1S/C25H30F3N3O/c26-25(27,28)19-5-1-2-6-20(19)32-13-16-4-3-7-31-21(16)29-30-22(31)23-10-15-8-17-9-18(12-23)24(17,11-15)14-23/h3-4,7,15,17-20H,1-2,5-6,8-14H2. The highest BCUT2D eigenvalue weighted by molar-refractivity contribution is 5.48. The van der Waals surface area contributed by atoms with E-state index in [-0.39, 0.29) is 18.4 Å². The molecule has 5 aliphatic rings. The fourth-order valence-corrected chi connectivity index (χ4v) is 8.93. The molecule has 7 atom stereocenters. The van der Waals surface area contributed by atoms with Crippen LogP contribution in [0.1, 0.15) is 75.6 Å². The molecule has 0 aliphatic heterocycles. The van der Waals surface area contributed by atoms with Gasteiger partial charge in [-0.3, -0.25) is 4.40 Å². The van der Waals surface area contributed by atoms with E-state index in [1.54, 1.807) is 0 Å². The second kappa shape index (κ2) is 6.49. The molecule has 5 fully saturated rings. The van der Waals surface area contributed by atoms with E-state index in [9.17, 15) is 13.2 Å². The second-order valence-corrected chi connectivity index (χ2v) is 11.6. The first-order valence-corrected chi connectivity index (χ1v) is 12.4. The van der Waals surface area contributed by atoms with Crippen LogP contribution in [-0.4, -0.2) is 26.9 Å². The lowest BCUT2D eigenvalue weighted by atomic mass is 9.55. The third kappa shape index (κ3) is 2.60. The molecule has 4 nitrogen and oxygen atoms in total. The summed E-state index contributed by atoms with van der Waals surface area (Å²) in [5.74, 6) is 2.33. The maximum absolute atomic E-state index is 13.5. The van der Waals surface area contributed by atoms with Gasteiger partial charge in [-0.25, -0.2) is 0 Å². The predicted octanol–water partition coefficient (Wildman–Crippen LogP) is 5.83. The number of nitrogens with zero attached hydrogens (tertiary/aromatic N) is 3. The summed E-state index contributed by atoms with van der Waals surface area (Å²) in [5.41, 5.74) is 2.29. The third-order valence-electron chi connectivity index (χ3n) is 10.0. The summed E-state index contributed by atoms with van der Waals surface area (Å²) in [6, 6.07) is 3.90. The number of hydrogen-bond acceptors (Lipinski definition) is 3. The van der Waals surface area contributed by atoms with E-state index in [0.29, 0.717) is 18.3 Å².